The maximum absolute atomic E-state index is 13.1. The van der Waals surface area contributed by atoms with Gasteiger partial charge in [0, 0.05) is 17.9 Å². The lowest BCUT2D eigenvalue weighted by Gasteiger charge is -2.32. The van der Waals surface area contributed by atoms with E-state index in [0.29, 0.717) is 6.42 Å². The Balaban J connectivity index is 1.85. The minimum Gasteiger partial charge on any atom is -0.300 e. The molecule has 0 N–H and O–H groups in total. The molecule has 1 aliphatic rings. The summed E-state index contributed by atoms with van der Waals surface area (Å²) in [5.74, 6) is 0.628. The summed E-state index contributed by atoms with van der Waals surface area (Å²) in [6.45, 7) is 7.72. The zero-order chi connectivity index (χ0) is 23.3. The molecule has 0 radical (unpaired) electrons. The summed E-state index contributed by atoms with van der Waals surface area (Å²) >= 11 is 0. The van der Waals surface area contributed by atoms with Gasteiger partial charge in [-0.1, -0.05) is 69.2 Å². The number of fused-ring (bicyclic) bond motifs is 1. The van der Waals surface area contributed by atoms with Gasteiger partial charge in [0.1, 0.15) is 11.6 Å². The first-order valence-corrected chi connectivity index (χ1v) is 12.1. The Bertz CT molecular complexity index is 973. The molecule has 3 rings (SSSR count). The highest BCUT2D eigenvalue weighted by molar-refractivity contribution is 6.01. The van der Waals surface area contributed by atoms with Crippen molar-refractivity contribution in [2.75, 3.05) is 0 Å². The number of ketones is 3. The molecule has 3 nitrogen and oxygen atoms in total. The van der Waals surface area contributed by atoms with Gasteiger partial charge in [0.2, 0.25) is 0 Å². The van der Waals surface area contributed by atoms with Gasteiger partial charge in [-0.2, -0.15) is 0 Å². The molecular weight excluding hydrogens is 396 g/mol. The number of hydrogen-bond donors (Lipinski definition) is 0. The van der Waals surface area contributed by atoms with Gasteiger partial charge in [0.05, 0.1) is 6.42 Å². The van der Waals surface area contributed by atoms with E-state index < -0.39 is 0 Å². The van der Waals surface area contributed by atoms with Gasteiger partial charge in [-0.25, -0.2) is 0 Å². The van der Waals surface area contributed by atoms with Gasteiger partial charge >= 0.3 is 0 Å². The maximum Gasteiger partial charge on any atom is 0.163 e. The summed E-state index contributed by atoms with van der Waals surface area (Å²) < 4.78 is 0. The molecule has 2 aromatic carbocycles. The number of Topliss-reactive ketones (excluding diaryl/α,β-unsaturated/α-hetero) is 3. The van der Waals surface area contributed by atoms with Crippen LogP contribution in [-0.4, -0.2) is 17.3 Å². The molecule has 3 atom stereocenters. The van der Waals surface area contributed by atoms with E-state index in [-0.39, 0.29) is 41.5 Å². The van der Waals surface area contributed by atoms with Crippen LogP contribution in [0.5, 0.6) is 0 Å². The topological polar surface area (TPSA) is 51.2 Å². The number of benzene rings is 2. The molecule has 0 heterocycles. The Morgan fingerprint density at radius 3 is 2.38 bits per heavy atom. The van der Waals surface area contributed by atoms with Crippen LogP contribution in [0.4, 0.5) is 0 Å². The van der Waals surface area contributed by atoms with Crippen LogP contribution < -0.4 is 0 Å². The van der Waals surface area contributed by atoms with Gasteiger partial charge in [0.15, 0.2) is 5.78 Å². The summed E-state index contributed by atoms with van der Waals surface area (Å²) in [6.07, 6.45) is 5.05. The van der Waals surface area contributed by atoms with Crippen LogP contribution in [0.15, 0.2) is 42.5 Å². The first-order valence-electron chi connectivity index (χ1n) is 12.1. The summed E-state index contributed by atoms with van der Waals surface area (Å²) in [4.78, 5) is 37.4. The van der Waals surface area contributed by atoms with Gasteiger partial charge in [0.25, 0.3) is 0 Å². The quantitative estimate of drug-likeness (QED) is 0.388. The fourth-order valence-electron chi connectivity index (χ4n) is 5.61. The van der Waals surface area contributed by atoms with E-state index in [2.05, 4.69) is 31.2 Å². The number of aryl methyl sites for hydroxylation is 1. The lowest BCUT2D eigenvalue weighted by atomic mass is 9.72. The van der Waals surface area contributed by atoms with Crippen LogP contribution in [0.25, 0.3) is 11.1 Å². The largest absolute Gasteiger partial charge is 0.300 e. The van der Waals surface area contributed by atoms with Gasteiger partial charge < -0.3 is 0 Å². The summed E-state index contributed by atoms with van der Waals surface area (Å²) in [6, 6.07) is 14.6. The zero-order valence-electron chi connectivity index (χ0n) is 19.9. The van der Waals surface area contributed by atoms with E-state index in [1.54, 1.807) is 0 Å². The van der Waals surface area contributed by atoms with Crippen molar-refractivity contribution in [1.29, 1.82) is 0 Å². The van der Waals surface area contributed by atoms with Crippen LogP contribution in [0, 0.1) is 24.7 Å². The monoisotopic (exact) mass is 432 g/mol. The molecular formula is C29H36O3. The Morgan fingerprint density at radius 2 is 1.75 bits per heavy atom. The molecule has 0 fully saturated rings. The fourth-order valence-corrected chi connectivity index (χ4v) is 5.61. The Morgan fingerprint density at radius 1 is 1.03 bits per heavy atom. The van der Waals surface area contributed by atoms with Gasteiger partial charge in [-0.15, -0.1) is 0 Å². The third-order valence-electron chi connectivity index (χ3n) is 6.93. The van der Waals surface area contributed by atoms with Crippen molar-refractivity contribution >= 4 is 17.3 Å². The SMILES string of the molecule is CCCC(CC1CC(=O)c2c(C)cc(-c3ccccc3)cc2C1)C(CC)C(=O)CC(C)=O. The Labute approximate surface area is 192 Å². The molecule has 32 heavy (non-hydrogen) atoms. The first-order chi connectivity index (χ1) is 15.3. The van der Waals surface area contributed by atoms with Crippen molar-refractivity contribution in [1.82, 2.24) is 0 Å². The highest BCUT2D eigenvalue weighted by atomic mass is 16.1. The average Bonchev–Trinajstić information content (AvgIpc) is 2.74. The molecule has 3 unspecified atom stereocenters. The molecule has 0 bridgehead atoms. The van der Waals surface area contributed by atoms with Crippen molar-refractivity contribution in [3.05, 3.63) is 59.2 Å². The fraction of sp³-hybridized carbons (Fsp3) is 0.483. The molecule has 3 heteroatoms. The van der Waals surface area contributed by atoms with Crippen molar-refractivity contribution in [3.63, 3.8) is 0 Å². The molecule has 0 amide bonds. The normalized spacial score (nSPS) is 17.5. The van der Waals surface area contributed by atoms with Crippen LogP contribution in [0.1, 0.15) is 80.8 Å². The standard InChI is InChI=1S/C29H36O3/c1-5-10-23(26(6-2)27(31)14-20(4)30)15-21-16-25-18-24(22-11-8-7-9-12-22)13-19(3)29(25)28(32)17-21/h7-9,11-13,18,21,23,26H,5-6,10,14-17H2,1-4H3. The van der Waals surface area contributed by atoms with Gasteiger partial charge in [-0.05, 0) is 67.2 Å². The van der Waals surface area contributed by atoms with Crippen molar-refractivity contribution in [3.8, 4) is 11.1 Å². The zero-order valence-corrected chi connectivity index (χ0v) is 19.9. The summed E-state index contributed by atoms with van der Waals surface area (Å²) in [7, 11) is 0. The summed E-state index contributed by atoms with van der Waals surface area (Å²) in [5, 5.41) is 0. The number of rotatable bonds is 10. The molecule has 0 saturated heterocycles. The van der Waals surface area contributed by atoms with Gasteiger partial charge in [-0.3, -0.25) is 14.4 Å². The second kappa shape index (κ2) is 10.8. The van der Waals surface area contributed by atoms with Crippen LogP contribution >= 0.6 is 0 Å². The highest BCUT2D eigenvalue weighted by Gasteiger charge is 2.33. The highest BCUT2D eigenvalue weighted by Crippen LogP contribution is 2.38. The second-order valence-electron chi connectivity index (χ2n) is 9.54. The predicted molar refractivity (Wildman–Crippen MR) is 130 cm³/mol. The van der Waals surface area contributed by atoms with Crippen molar-refractivity contribution in [2.24, 2.45) is 17.8 Å². The third kappa shape index (κ3) is 5.62. The first kappa shape index (κ1) is 24.1. The van der Waals surface area contributed by atoms with Crippen molar-refractivity contribution < 1.29 is 14.4 Å². The van der Waals surface area contributed by atoms with E-state index in [1.165, 1.54) is 6.92 Å². The minimum absolute atomic E-state index is 0.0325. The molecule has 0 aromatic heterocycles. The van der Waals surface area contributed by atoms with Crippen LogP contribution in [-0.2, 0) is 16.0 Å². The number of hydrogen-bond acceptors (Lipinski definition) is 3. The predicted octanol–water partition coefficient (Wildman–Crippen LogP) is 6.79. The second-order valence-corrected chi connectivity index (χ2v) is 9.54. The molecule has 2 aromatic rings. The van der Waals surface area contributed by atoms with Crippen molar-refractivity contribution in [2.45, 2.75) is 72.6 Å². The van der Waals surface area contributed by atoms with E-state index in [4.69, 9.17) is 0 Å². The van der Waals surface area contributed by atoms with Crippen LogP contribution in [0.2, 0.25) is 0 Å². The number of carbonyl (C=O) groups excluding carboxylic acids is 3. The number of carbonyl (C=O) groups is 3. The van der Waals surface area contributed by atoms with Crippen LogP contribution in [0.3, 0.4) is 0 Å². The average molecular weight is 433 g/mol. The van der Waals surface area contributed by atoms with E-state index in [0.717, 1.165) is 59.9 Å². The Kier molecular flexibility index (Phi) is 8.17. The molecule has 170 valence electrons. The molecule has 1 aliphatic carbocycles. The van der Waals surface area contributed by atoms with E-state index >= 15 is 0 Å². The molecule has 0 spiro atoms. The summed E-state index contributed by atoms with van der Waals surface area (Å²) in [5.41, 5.74) is 5.41. The lowest BCUT2D eigenvalue weighted by Crippen LogP contribution is -2.29. The smallest absolute Gasteiger partial charge is 0.163 e. The Hall–Kier alpha value is -2.55. The minimum atomic E-state index is -0.0901. The third-order valence-corrected chi connectivity index (χ3v) is 6.93. The van der Waals surface area contributed by atoms with E-state index in [1.807, 2.05) is 32.0 Å². The lowest BCUT2D eigenvalue weighted by molar-refractivity contribution is -0.129. The molecule has 0 saturated carbocycles. The molecule has 0 aliphatic heterocycles. The van der Waals surface area contributed by atoms with E-state index in [9.17, 15) is 14.4 Å². The maximum atomic E-state index is 13.1.